The molecule has 110 valence electrons. The van der Waals surface area contributed by atoms with Crippen molar-refractivity contribution in [1.82, 2.24) is 10.6 Å². The Hall–Kier alpha value is -1.49. The molecule has 1 amide bonds. The van der Waals surface area contributed by atoms with Crippen LogP contribution in [0.1, 0.15) is 31.9 Å². The number of halogens is 2. The lowest BCUT2D eigenvalue weighted by Gasteiger charge is -2.32. The van der Waals surface area contributed by atoms with Crippen LogP contribution in [0.3, 0.4) is 0 Å². The molecule has 1 aliphatic heterocycles. The first-order valence-corrected chi connectivity index (χ1v) is 6.99. The number of benzene rings is 1. The Bertz CT molecular complexity index is 489. The van der Waals surface area contributed by atoms with Gasteiger partial charge in [-0.1, -0.05) is 19.9 Å². The molecule has 0 spiro atoms. The molecule has 2 unspecified atom stereocenters. The summed E-state index contributed by atoms with van der Waals surface area (Å²) in [7, 11) is 0. The summed E-state index contributed by atoms with van der Waals surface area (Å²) < 4.78 is 26.7. The summed E-state index contributed by atoms with van der Waals surface area (Å²) in [4.78, 5) is 12.2. The van der Waals surface area contributed by atoms with Crippen LogP contribution in [0, 0.1) is 23.5 Å². The van der Waals surface area contributed by atoms with Crippen molar-refractivity contribution in [2.75, 3.05) is 13.1 Å². The van der Waals surface area contributed by atoms with E-state index in [1.165, 1.54) is 12.1 Å². The second-order valence-electron chi connectivity index (χ2n) is 5.34. The minimum Gasteiger partial charge on any atom is -0.349 e. The summed E-state index contributed by atoms with van der Waals surface area (Å²) in [6.45, 7) is 5.43. The Balaban J connectivity index is 2.06. The quantitative estimate of drug-likeness (QED) is 0.870. The molecule has 3 nitrogen and oxygen atoms in total. The van der Waals surface area contributed by atoms with Gasteiger partial charge in [0.25, 0.3) is 0 Å². The third kappa shape index (κ3) is 3.15. The number of hydrogen-bond acceptors (Lipinski definition) is 2. The summed E-state index contributed by atoms with van der Waals surface area (Å²) in [5.74, 6) is -1.07. The summed E-state index contributed by atoms with van der Waals surface area (Å²) in [6.07, 6.45) is 0.559. The maximum absolute atomic E-state index is 13.8. The first-order chi connectivity index (χ1) is 9.52. The Morgan fingerprint density at radius 3 is 2.65 bits per heavy atom. The molecule has 0 saturated carbocycles. The second-order valence-corrected chi connectivity index (χ2v) is 5.34. The van der Waals surface area contributed by atoms with Gasteiger partial charge in [-0.3, -0.25) is 4.79 Å². The fourth-order valence-corrected chi connectivity index (χ4v) is 2.37. The highest BCUT2D eigenvalue weighted by Gasteiger charge is 2.30. The van der Waals surface area contributed by atoms with Gasteiger partial charge in [-0.2, -0.15) is 0 Å². The third-order valence-electron chi connectivity index (χ3n) is 4.00. The van der Waals surface area contributed by atoms with Gasteiger partial charge in [-0.15, -0.1) is 0 Å². The van der Waals surface area contributed by atoms with Crippen LogP contribution in [0.2, 0.25) is 0 Å². The van der Waals surface area contributed by atoms with Crippen LogP contribution in [0.5, 0.6) is 0 Å². The summed E-state index contributed by atoms with van der Waals surface area (Å²) in [5, 5.41) is 5.99. The second kappa shape index (κ2) is 6.31. The van der Waals surface area contributed by atoms with Crippen molar-refractivity contribution in [2.45, 2.75) is 26.3 Å². The van der Waals surface area contributed by atoms with Crippen LogP contribution < -0.4 is 10.6 Å². The average Bonchev–Trinajstić information content (AvgIpc) is 2.34. The molecule has 0 aliphatic carbocycles. The minimum atomic E-state index is -0.616. The van der Waals surface area contributed by atoms with E-state index >= 15 is 0 Å². The number of carbonyl (C=O) groups is 1. The molecular formula is C15H20F2N2O. The summed E-state index contributed by atoms with van der Waals surface area (Å²) in [5.41, 5.74) is 0.334. The van der Waals surface area contributed by atoms with Gasteiger partial charge >= 0.3 is 0 Å². The molecule has 5 heteroatoms. The first kappa shape index (κ1) is 14.9. The highest BCUT2D eigenvalue weighted by molar-refractivity contribution is 5.79. The van der Waals surface area contributed by atoms with Gasteiger partial charge < -0.3 is 10.6 Å². The van der Waals surface area contributed by atoms with Crippen molar-refractivity contribution in [1.29, 1.82) is 0 Å². The first-order valence-electron chi connectivity index (χ1n) is 6.99. The van der Waals surface area contributed by atoms with Crippen molar-refractivity contribution in [3.8, 4) is 0 Å². The predicted octanol–water partition coefficient (Wildman–Crippen LogP) is 2.39. The zero-order chi connectivity index (χ0) is 14.7. The molecule has 0 aromatic heterocycles. The lowest BCUT2D eigenvalue weighted by atomic mass is 9.88. The van der Waals surface area contributed by atoms with Gasteiger partial charge in [0.15, 0.2) is 0 Å². The van der Waals surface area contributed by atoms with E-state index in [-0.39, 0.29) is 11.8 Å². The fourth-order valence-electron chi connectivity index (χ4n) is 2.37. The van der Waals surface area contributed by atoms with E-state index in [1.807, 2.05) is 13.8 Å². The molecule has 1 aromatic carbocycles. The van der Waals surface area contributed by atoms with Crippen LogP contribution in [-0.4, -0.2) is 19.0 Å². The van der Waals surface area contributed by atoms with Gasteiger partial charge in [-0.25, -0.2) is 8.78 Å². The van der Waals surface area contributed by atoms with Gasteiger partial charge in [0, 0.05) is 17.5 Å². The van der Waals surface area contributed by atoms with Crippen molar-refractivity contribution >= 4 is 5.91 Å². The van der Waals surface area contributed by atoms with Crippen LogP contribution in [0.25, 0.3) is 0 Å². The van der Waals surface area contributed by atoms with Crippen molar-refractivity contribution in [3.05, 3.63) is 35.4 Å². The van der Waals surface area contributed by atoms with Gasteiger partial charge in [0.2, 0.25) is 5.91 Å². The number of amides is 1. The third-order valence-corrected chi connectivity index (χ3v) is 4.00. The van der Waals surface area contributed by atoms with E-state index in [2.05, 4.69) is 10.6 Å². The van der Waals surface area contributed by atoms with E-state index in [0.29, 0.717) is 17.9 Å². The smallest absolute Gasteiger partial charge is 0.223 e. The lowest BCUT2D eigenvalue weighted by Crippen LogP contribution is -2.50. The fraction of sp³-hybridized carbons (Fsp3) is 0.533. The van der Waals surface area contributed by atoms with Crippen molar-refractivity contribution < 1.29 is 13.6 Å². The van der Waals surface area contributed by atoms with Gasteiger partial charge in [0.1, 0.15) is 11.6 Å². The number of carbonyl (C=O) groups excluding carboxylic acids is 1. The average molecular weight is 282 g/mol. The highest BCUT2D eigenvalue weighted by atomic mass is 19.1. The van der Waals surface area contributed by atoms with Crippen molar-refractivity contribution in [3.63, 3.8) is 0 Å². The molecule has 2 atom stereocenters. The van der Waals surface area contributed by atoms with Crippen LogP contribution in [0.15, 0.2) is 18.2 Å². The summed E-state index contributed by atoms with van der Waals surface area (Å²) in [6, 6.07) is 3.04. The Morgan fingerprint density at radius 1 is 1.45 bits per heavy atom. The molecule has 1 aromatic rings. The molecule has 1 heterocycles. The predicted molar refractivity (Wildman–Crippen MR) is 73.1 cm³/mol. The molecule has 1 aliphatic rings. The van der Waals surface area contributed by atoms with E-state index in [1.54, 1.807) is 0 Å². The number of nitrogens with one attached hydrogen (secondary N) is 2. The normalized spacial score (nSPS) is 18.2. The van der Waals surface area contributed by atoms with Gasteiger partial charge in [-0.05, 0) is 31.5 Å². The SMILES string of the molecule is CCC(NC(=O)C(C)C1CNC1)c1ccc(F)cc1F. The van der Waals surface area contributed by atoms with Crippen LogP contribution in [0.4, 0.5) is 8.78 Å². The minimum absolute atomic E-state index is 0.0768. The molecule has 20 heavy (non-hydrogen) atoms. The maximum atomic E-state index is 13.8. The lowest BCUT2D eigenvalue weighted by molar-refractivity contribution is -0.127. The van der Waals surface area contributed by atoms with Crippen molar-refractivity contribution in [2.24, 2.45) is 11.8 Å². The monoisotopic (exact) mass is 282 g/mol. The Kier molecular flexibility index (Phi) is 4.70. The molecule has 0 radical (unpaired) electrons. The van der Waals surface area contributed by atoms with Gasteiger partial charge in [0.05, 0.1) is 6.04 Å². The zero-order valence-corrected chi connectivity index (χ0v) is 11.7. The molecular weight excluding hydrogens is 262 g/mol. The molecule has 2 N–H and O–H groups in total. The van der Waals surface area contributed by atoms with E-state index in [9.17, 15) is 13.6 Å². The molecule has 2 rings (SSSR count). The topological polar surface area (TPSA) is 41.1 Å². The molecule has 0 bridgehead atoms. The number of hydrogen-bond donors (Lipinski definition) is 2. The Morgan fingerprint density at radius 2 is 2.15 bits per heavy atom. The highest BCUT2D eigenvalue weighted by Crippen LogP contribution is 2.23. The van der Waals surface area contributed by atoms with E-state index in [4.69, 9.17) is 0 Å². The number of rotatable bonds is 5. The molecule has 1 saturated heterocycles. The molecule has 1 fully saturated rings. The standard InChI is InChI=1S/C15H20F2N2O/c1-3-14(12-5-4-11(16)6-13(12)17)19-15(20)9(2)10-7-18-8-10/h4-6,9-10,14,18H,3,7-8H2,1-2H3,(H,19,20). The van der Waals surface area contributed by atoms with Crippen LogP contribution >= 0.6 is 0 Å². The zero-order valence-electron chi connectivity index (χ0n) is 11.7. The largest absolute Gasteiger partial charge is 0.349 e. The van der Waals surface area contributed by atoms with E-state index in [0.717, 1.165) is 19.2 Å². The Labute approximate surface area is 117 Å². The van der Waals surface area contributed by atoms with Crippen LogP contribution in [-0.2, 0) is 4.79 Å². The van der Waals surface area contributed by atoms with E-state index < -0.39 is 17.7 Å². The summed E-state index contributed by atoms with van der Waals surface area (Å²) >= 11 is 0. The maximum Gasteiger partial charge on any atom is 0.223 e.